The van der Waals surface area contributed by atoms with Crippen LogP contribution in [0.2, 0.25) is 0 Å². The predicted molar refractivity (Wildman–Crippen MR) is 54.7 cm³/mol. The van der Waals surface area contributed by atoms with E-state index in [0.717, 1.165) is 13.1 Å². The molecule has 0 radical (unpaired) electrons. The van der Waals surface area contributed by atoms with Crippen molar-refractivity contribution in [2.45, 2.75) is 45.4 Å². The molecule has 3 heteroatoms. The summed E-state index contributed by atoms with van der Waals surface area (Å²) in [6.45, 7) is 11.4. The van der Waals surface area contributed by atoms with Crippen LogP contribution in [0.5, 0.6) is 0 Å². The highest BCUT2D eigenvalue weighted by Gasteiger charge is 2.30. The molecule has 3 nitrogen and oxygen atoms in total. The van der Waals surface area contributed by atoms with E-state index in [1.54, 1.807) is 0 Å². The lowest BCUT2D eigenvalue weighted by Gasteiger charge is -2.43. The molecule has 1 aliphatic rings. The minimum atomic E-state index is 0.211. The molecule has 0 saturated carbocycles. The van der Waals surface area contributed by atoms with Crippen molar-refractivity contribution in [2.24, 2.45) is 5.73 Å². The molecule has 1 fully saturated rings. The Morgan fingerprint density at radius 2 is 2.00 bits per heavy atom. The van der Waals surface area contributed by atoms with Gasteiger partial charge in [-0.1, -0.05) is 0 Å². The summed E-state index contributed by atoms with van der Waals surface area (Å²) in [6, 6.07) is 0. The molecule has 78 valence electrons. The average molecular weight is 186 g/mol. The zero-order valence-corrected chi connectivity index (χ0v) is 9.21. The van der Waals surface area contributed by atoms with Crippen molar-refractivity contribution in [3.8, 4) is 0 Å². The van der Waals surface area contributed by atoms with Gasteiger partial charge in [0.1, 0.15) is 0 Å². The molecule has 0 aliphatic carbocycles. The minimum absolute atomic E-state index is 0.211. The lowest BCUT2D eigenvalue weighted by atomic mass is 10.0. The van der Waals surface area contributed by atoms with Gasteiger partial charge in [0.2, 0.25) is 0 Å². The van der Waals surface area contributed by atoms with Gasteiger partial charge in [0.25, 0.3) is 0 Å². The monoisotopic (exact) mass is 186 g/mol. The Balaban J connectivity index is 2.57. The largest absolute Gasteiger partial charge is 0.371 e. The molecule has 2 N–H and O–H groups in total. The quantitative estimate of drug-likeness (QED) is 0.659. The Hall–Kier alpha value is -0.120. The highest BCUT2D eigenvalue weighted by Crippen LogP contribution is 2.19. The fraction of sp³-hybridized carbons (Fsp3) is 1.00. The number of ether oxygens (including phenoxy) is 1. The van der Waals surface area contributed by atoms with E-state index in [0.29, 0.717) is 12.6 Å². The average Bonchev–Trinajstić information content (AvgIpc) is 2.01. The Labute approximate surface area is 81.2 Å². The van der Waals surface area contributed by atoms with Crippen molar-refractivity contribution in [2.75, 3.05) is 19.6 Å². The van der Waals surface area contributed by atoms with Crippen molar-refractivity contribution in [1.82, 2.24) is 4.90 Å². The third kappa shape index (κ3) is 2.93. The molecular weight excluding hydrogens is 164 g/mol. The molecule has 2 unspecified atom stereocenters. The van der Waals surface area contributed by atoms with E-state index in [4.69, 9.17) is 10.5 Å². The van der Waals surface area contributed by atoms with Gasteiger partial charge in [-0.05, 0) is 27.7 Å². The number of nitrogens with zero attached hydrogens (tertiary/aromatic N) is 1. The standard InChI is InChI=1S/C10H22N2O/c1-8-6-12(10(2,3)4)7-9(5-11)13-8/h8-9H,5-7,11H2,1-4H3. The third-order valence-corrected chi connectivity index (χ3v) is 2.54. The molecule has 0 aromatic carbocycles. The lowest BCUT2D eigenvalue weighted by Crippen LogP contribution is -2.55. The SMILES string of the molecule is CC1CN(C(C)(C)C)CC(CN)O1. The van der Waals surface area contributed by atoms with Gasteiger partial charge in [0, 0.05) is 25.2 Å². The van der Waals surface area contributed by atoms with Crippen molar-refractivity contribution < 1.29 is 4.74 Å². The maximum Gasteiger partial charge on any atom is 0.0828 e. The van der Waals surface area contributed by atoms with Crippen LogP contribution in [0.4, 0.5) is 0 Å². The zero-order valence-electron chi connectivity index (χ0n) is 9.21. The zero-order chi connectivity index (χ0) is 10.1. The smallest absolute Gasteiger partial charge is 0.0828 e. The topological polar surface area (TPSA) is 38.5 Å². The van der Waals surface area contributed by atoms with Gasteiger partial charge >= 0.3 is 0 Å². The van der Waals surface area contributed by atoms with Crippen LogP contribution in [0, 0.1) is 0 Å². The molecule has 2 atom stereocenters. The summed E-state index contributed by atoms with van der Waals surface area (Å²) in [7, 11) is 0. The Kier molecular flexibility index (Phi) is 3.33. The van der Waals surface area contributed by atoms with E-state index in [-0.39, 0.29) is 11.6 Å². The second-order valence-corrected chi connectivity index (χ2v) is 4.88. The third-order valence-electron chi connectivity index (χ3n) is 2.54. The molecule has 13 heavy (non-hydrogen) atoms. The lowest BCUT2D eigenvalue weighted by molar-refractivity contribution is -0.0959. The summed E-state index contributed by atoms with van der Waals surface area (Å²) in [4.78, 5) is 2.44. The summed E-state index contributed by atoms with van der Waals surface area (Å²) in [5.74, 6) is 0. The molecule has 0 aromatic rings. The van der Waals surface area contributed by atoms with Gasteiger partial charge in [0.15, 0.2) is 0 Å². The van der Waals surface area contributed by atoms with Crippen molar-refractivity contribution >= 4 is 0 Å². The Bertz CT molecular complexity index is 165. The maximum absolute atomic E-state index is 5.69. The second kappa shape index (κ2) is 3.95. The fourth-order valence-electron chi connectivity index (χ4n) is 1.72. The Morgan fingerprint density at radius 1 is 1.38 bits per heavy atom. The van der Waals surface area contributed by atoms with Crippen LogP contribution in [0.25, 0.3) is 0 Å². The van der Waals surface area contributed by atoms with Crippen LogP contribution in [0.15, 0.2) is 0 Å². The highest BCUT2D eigenvalue weighted by atomic mass is 16.5. The highest BCUT2D eigenvalue weighted by molar-refractivity contribution is 4.84. The summed E-state index contributed by atoms with van der Waals surface area (Å²) >= 11 is 0. The van der Waals surface area contributed by atoms with E-state index in [2.05, 4.69) is 32.6 Å². The molecule has 1 rings (SSSR count). The number of hydrogen-bond donors (Lipinski definition) is 1. The van der Waals surface area contributed by atoms with Crippen molar-refractivity contribution in [3.05, 3.63) is 0 Å². The first-order chi connectivity index (χ1) is 5.93. The second-order valence-electron chi connectivity index (χ2n) is 4.88. The van der Waals surface area contributed by atoms with Crippen LogP contribution in [0.1, 0.15) is 27.7 Å². The molecule has 0 aromatic heterocycles. The maximum atomic E-state index is 5.69. The van der Waals surface area contributed by atoms with Crippen LogP contribution in [0.3, 0.4) is 0 Å². The van der Waals surface area contributed by atoms with Crippen LogP contribution < -0.4 is 5.73 Å². The molecule has 1 aliphatic heterocycles. The van der Waals surface area contributed by atoms with Gasteiger partial charge in [-0.3, -0.25) is 4.90 Å². The van der Waals surface area contributed by atoms with Gasteiger partial charge in [-0.15, -0.1) is 0 Å². The van der Waals surface area contributed by atoms with Crippen LogP contribution in [-0.4, -0.2) is 42.3 Å². The first kappa shape index (κ1) is 11.0. The van der Waals surface area contributed by atoms with E-state index in [9.17, 15) is 0 Å². The molecular formula is C10H22N2O. The van der Waals surface area contributed by atoms with Crippen LogP contribution >= 0.6 is 0 Å². The van der Waals surface area contributed by atoms with E-state index < -0.39 is 0 Å². The number of nitrogens with two attached hydrogens (primary N) is 1. The van der Waals surface area contributed by atoms with Crippen molar-refractivity contribution in [3.63, 3.8) is 0 Å². The number of morpholine rings is 1. The van der Waals surface area contributed by atoms with E-state index >= 15 is 0 Å². The predicted octanol–water partition coefficient (Wildman–Crippen LogP) is 0.833. The first-order valence-corrected chi connectivity index (χ1v) is 5.04. The fourth-order valence-corrected chi connectivity index (χ4v) is 1.72. The molecule has 0 bridgehead atoms. The molecule has 0 spiro atoms. The summed E-state index contributed by atoms with van der Waals surface area (Å²) in [5.41, 5.74) is 5.85. The number of rotatable bonds is 1. The van der Waals surface area contributed by atoms with Crippen molar-refractivity contribution in [1.29, 1.82) is 0 Å². The van der Waals surface area contributed by atoms with Gasteiger partial charge in [-0.2, -0.15) is 0 Å². The van der Waals surface area contributed by atoms with E-state index in [1.165, 1.54) is 0 Å². The van der Waals surface area contributed by atoms with Crippen LogP contribution in [-0.2, 0) is 4.74 Å². The first-order valence-electron chi connectivity index (χ1n) is 5.04. The van der Waals surface area contributed by atoms with E-state index in [1.807, 2.05) is 0 Å². The minimum Gasteiger partial charge on any atom is -0.371 e. The Morgan fingerprint density at radius 3 is 2.46 bits per heavy atom. The normalized spacial score (nSPS) is 32.1. The van der Waals surface area contributed by atoms with Gasteiger partial charge in [-0.25, -0.2) is 0 Å². The number of hydrogen-bond acceptors (Lipinski definition) is 3. The summed E-state index contributed by atoms with van der Waals surface area (Å²) < 4.78 is 5.69. The molecule has 1 heterocycles. The van der Waals surface area contributed by atoms with Gasteiger partial charge in [0.05, 0.1) is 12.2 Å². The summed E-state index contributed by atoms with van der Waals surface area (Å²) in [5, 5.41) is 0. The van der Waals surface area contributed by atoms with Gasteiger partial charge < -0.3 is 10.5 Å². The molecule has 0 amide bonds. The molecule has 1 saturated heterocycles. The summed E-state index contributed by atoms with van der Waals surface area (Å²) in [6.07, 6.45) is 0.518.